The van der Waals surface area contributed by atoms with Gasteiger partial charge in [-0.3, -0.25) is 10.00 Å². The average molecular weight is 239 g/mol. The molecule has 2 heterocycles. The number of nitrogens with one attached hydrogen (secondary N) is 1. The Morgan fingerprint density at radius 1 is 1.59 bits per heavy atom. The Labute approximate surface area is 102 Å². The quantitative estimate of drug-likeness (QED) is 0.807. The highest BCUT2D eigenvalue weighted by Gasteiger charge is 2.25. The van der Waals surface area contributed by atoms with Crippen LogP contribution in [0, 0.1) is 0 Å². The lowest BCUT2D eigenvalue weighted by atomic mass is 9.99. The summed E-state index contributed by atoms with van der Waals surface area (Å²) >= 11 is 0. The minimum atomic E-state index is 0.0256. The van der Waals surface area contributed by atoms with Crippen LogP contribution in [0.4, 0.5) is 0 Å². The number of hydrogen-bond acceptors (Lipinski definition) is 4. The van der Waals surface area contributed by atoms with Crippen LogP contribution in [0.25, 0.3) is 0 Å². The van der Waals surface area contributed by atoms with Gasteiger partial charge in [0.2, 0.25) is 0 Å². The number of aliphatic hydroxyl groups is 1. The van der Waals surface area contributed by atoms with Crippen molar-refractivity contribution in [1.29, 1.82) is 0 Å². The van der Waals surface area contributed by atoms with E-state index in [-0.39, 0.29) is 6.61 Å². The molecule has 0 radical (unpaired) electrons. The molecule has 0 aliphatic carbocycles. The summed E-state index contributed by atoms with van der Waals surface area (Å²) in [6, 6.07) is 2.34. The topological polar surface area (TPSA) is 61.4 Å². The summed E-state index contributed by atoms with van der Waals surface area (Å²) in [5.74, 6) is 0. The van der Waals surface area contributed by atoms with E-state index in [1.807, 2.05) is 6.07 Å². The highest BCUT2D eigenvalue weighted by atomic mass is 16.5. The molecule has 0 amide bonds. The third kappa shape index (κ3) is 3.06. The van der Waals surface area contributed by atoms with Crippen LogP contribution in [0.5, 0.6) is 0 Å². The van der Waals surface area contributed by atoms with Gasteiger partial charge in [0.15, 0.2) is 0 Å². The molecule has 1 atom stereocenters. The molecule has 0 aromatic carbocycles. The molecule has 0 bridgehead atoms. The number of nitrogens with zero attached hydrogens (tertiary/aromatic N) is 2. The van der Waals surface area contributed by atoms with Crippen molar-refractivity contribution in [2.75, 3.05) is 26.8 Å². The van der Waals surface area contributed by atoms with Crippen LogP contribution in [-0.2, 0) is 11.3 Å². The maximum absolute atomic E-state index is 9.05. The Kier molecular flexibility index (Phi) is 4.53. The summed E-state index contributed by atoms with van der Waals surface area (Å²) in [5, 5.41) is 16.2. The molecule has 2 rings (SSSR count). The fourth-order valence-corrected chi connectivity index (χ4v) is 2.43. The van der Waals surface area contributed by atoms with Crippen molar-refractivity contribution in [3.63, 3.8) is 0 Å². The molecule has 0 unspecified atom stereocenters. The number of methoxy groups -OCH3 is 1. The number of piperidine rings is 1. The first-order chi connectivity index (χ1) is 8.35. The van der Waals surface area contributed by atoms with Gasteiger partial charge in [0.05, 0.1) is 30.6 Å². The van der Waals surface area contributed by atoms with Gasteiger partial charge in [-0.25, -0.2) is 0 Å². The maximum atomic E-state index is 9.05. The second-order valence-corrected chi connectivity index (χ2v) is 4.52. The summed E-state index contributed by atoms with van der Waals surface area (Å²) in [6.07, 6.45) is 3.63. The second-order valence-electron chi connectivity index (χ2n) is 4.52. The van der Waals surface area contributed by atoms with E-state index in [1.165, 1.54) is 12.8 Å². The fourth-order valence-electron chi connectivity index (χ4n) is 2.43. The Morgan fingerprint density at radius 2 is 2.47 bits per heavy atom. The zero-order chi connectivity index (χ0) is 12.1. The van der Waals surface area contributed by atoms with Crippen LogP contribution in [0.15, 0.2) is 6.07 Å². The highest BCUT2D eigenvalue weighted by molar-refractivity contribution is 5.12. The summed E-state index contributed by atoms with van der Waals surface area (Å²) in [6.45, 7) is 2.84. The minimum Gasteiger partial charge on any atom is -0.390 e. The van der Waals surface area contributed by atoms with Crippen LogP contribution in [0.3, 0.4) is 0 Å². The lowest BCUT2D eigenvalue weighted by molar-refractivity contribution is 0.0942. The normalized spacial score (nSPS) is 21.9. The largest absolute Gasteiger partial charge is 0.390 e. The van der Waals surface area contributed by atoms with Crippen molar-refractivity contribution in [3.8, 4) is 0 Å². The smallest absolute Gasteiger partial charge is 0.0847 e. The van der Waals surface area contributed by atoms with Gasteiger partial charge in [-0.05, 0) is 25.5 Å². The van der Waals surface area contributed by atoms with E-state index >= 15 is 0 Å². The van der Waals surface area contributed by atoms with E-state index in [1.54, 1.807) is 7.11 Å². The average Bonchev–Trinajstić information content (AvgIpc) is 2.85. The highest BCUT2D eigenvalue weighted by Crippen LogP contribution is 2.29. The molecule has 2 N–H and O–H groups in total. The number of ether oxygens (including phenoxy) is 1. The van der Waals surface area contributed by atoms with Gasteiger partial charge in [-0.15, -0.1) is 0 Å². The number of aliphatic hydroxyl groups excluding tert-OH is 1. The third-order valence-corrected chi connectivity index (χ3v) is 3.36. The van der Waals surface area contributed by atoms with Crippen LogP contribution in [0.2, 0.25) is 0 Å². The van der Waals surface area contributed by atoms with Gasteiger partial charge >= 0.3 is 0 Å². The number of aromatic nitrogens is 2. The Bertz CT molecular complexity index is 340. The Hall–Kier alpha value is -0.910. The van der Waals surface area contributed by atoms with Crippen LogP contribution in [-0.4, -0.2) is 47.0 Å². The standard InChI is InChI=1S/C12H21N3O2/c1-17-7-6-15-5-3-2-4-12(15)11-8-10(9-16)13-14-11/h8,12,16H,2-7,9H2,1H3,(H,13,14)/t12-/m0/s1. The monoisotopic (exact) mass is 239 g/mol. The van der Waals surface area contributed by atoms with E-state index in [9.17, 15) is 0 Å². The van der Waals surface area contributed by atoms with Crippen molar-refractivity contribution in [2.24, 2.45) is 0 Å². The van der Waals surface area contributed by atoms with Gasteiger partial charge < -0.3 is 9.84 Å². The second kappa shape index (κ2) is 6.14. The summed E-state index contributed by atoms with van der Waals surface area (Å²) in [7, 11) is 1.73. The van der Waals surface area contributed by atoms with Gasteiger partial charge in [0.1, 0.15) is 0 Å². The number of H-pyrrole nitrogens is 1. The van der Waals surface area contributed by atoms with Gasteiger partial charge in [0, 0.05) is 13.7 Å². The number of hydrogen-bond donors (Lipinski definition) is 2. The van der Waals surface area contributed by atoms with E-state index < -0.39 is 0 Å². The number of aromatic amines is 1. The summed E-state index contributed by atoms with van der Waals surface area (Å²) < 4.78 is 5.15. The molecule has 1 aromatic heterocycles. The van der Waals surface area contributed by atoms with Crippen LogP contribution >= 0.6 is 0 Å². The van der Waals surface area contributed by atoms with Crippen molar-refractivity contribution < 1.29 is 9.84 Å². The molecule has 1 aliphatic heterocycles. The lowest BCUT2D eigenvalue weighted by Crippen LogP contribution is -2.36. The molecule has 0 saturated carbocycles. The van der Waals surface area contributed by atoms with Gasteiger partial charge in [-0.1, -0.05) is 6.42 Å². The summed E-state index contributed by atoms with van der Waals surface area (Å²) in [5.41, 5.74) is 1.84. The molecule has 1 aromatic rings. The van der Waals surface area contributed by atoms with E-state index in [2.05, 4.69) is 15.1 Å². The van der Waals surface area contributed by atoms with Crippen molar-refractivity contribution in [1.82, 2.24) is 15.1 Å². The first-order valence-electron chi connectivity index (χ1n) is 6.23. The predicted molar refractivity (Wildman–Crippen MR) is 64.6 cm³/mol. The molecule has 1 saturated heterocycles. The number of likely N-dealkylation sites (tertiary alicyclic amines) is 1. The molecular formula is C12H21N3O2. The minimum absolute atomic E-state index is 0.0256. The molecule has 5 heteroatoms. The molecule has 17 heavy (non-hydrogen) atoms. The maximum Gasteiger partial charge on any atom is 0.0847 e. The van der Waals surface area contributed by atoms with E-state index in [0.29, 0.717) is 6.04 Å². The zero-order valence-corrected chi connectivity index (χ0v) is 10.4. The number of rotatable bonds is 5. The molecule has 1 fully saturated rings. The molecule has 96 valence electrons. The van der Waals surface area contributed by atoms with Crippen molar-refractivity contribution in [3.05, 3.63) is 17.5 Å². The third-order valence-electron chi connectivity index (χ3n) is 3.36. The zero-order valence-electron chi connectivity index (χ0n) is 10.4. The fraction of sp³-hybridized carbons (Fsp3) is 0.750. The van der Waals surface area contributed by atoms with E-state index in [0.717, 1.165) is 37.5 Å². The predicted octanol–water partition coefficient (Wildman–Crippen LogP) is 1.08. The molecular weight excluding hydrogens is 218 g/mol. The molecule has 5 nitrogen and oxygen atoms in total. The van der Waals surface area contributed by atoms with Crippen molar-refractivity contribution in [2.45, 2.75) is 31.9 Å². The first-order valence-corrected chi connectivity index (χ1v) is 6.23. The summed E-state index contributed by atoms with van der Waals surface area (Å²) in [4.78, 5) is 2.42. The van der Waals surface area contributed by atoms with Gasteiger partial charge in [-0.2, -0.15) is 5.10 Å². The Balaban J connectivity index is 2.04. The first kappa shape index (κ1) is 12.5. The Morgan fingerprint density at radius 3 is 3.18 bits per heavy atom. The van der Waals surface area contributed by atoms with Crippen LogP contribution in [0.1, 0.15) is 36.7 Å². The van der Waals surface area contributed by atoms with Crippen LogP contribution < -0.4 is 0 Å². The lowest BCUT2D eigenvalue weighted by Gasteiger charge is -2.34. The van der Waals surface area contributed by atoms with E-state index in [4.69, 9.17) is 9.84 Å². The molecule has 0 spiro atoms. The van der Waals surface area contributed by atoms with Crippen molar-refractivity contribution >= 4 is 0 Å². The molecule has 1 aliphatic rings. The SMILES string of the molecule is COCCN1CCCC[C@H]1c1cc(CO)[nH]n1. The van der Waals surface area contributed by atoms with Gasteiger partial charge in [0.25, 0.3) is 0 Å².